The Labute approximate surface area is 173 Å². The van der Waals surface area contributed by atoms with Gasteiger partial charge in [-0.05, 0) is 48.6 Å². The van der Waals surface area contributed by atoms with Crippen molar-refractivity contribution in [3.05, 3.63) is 89.3 Å². The number of benzene rings is 1. The van der Waals surface area contributed by atoms with E-state index in [0.29, 0.717) is 12.3 Å². The van der Waals surface area contributed by atoms with Crippen molar-refractivity contribution < 1.29 is 9.21 Å². The summed E-state index contributed by atoms with van der Waals surface area (Å²) in [5.41, 5.74) is 4.25. The van der Waals surface area contributed by atoms with Crippen LogP contribution in [-0.4, -0.2) is 33.6 Å². The normalized spacial score (nSPS) is 16.2. The fraction of sp³-hybridized carbons (Fsp3) is 0.217. The van der Waals surface area contributed by atoms with Crippen LogP contribution < -0.4 is 0 Å². The lowest BCUT2D eigenvalue weighted by Crippen LogP contribution is -2.40. The molecule has 146 valence electrons. The van der Waals surface area contributed by atoms with E-state index in [9.17, 15) is 4.79 Å². The van der Waals surface area contributed by atoms with Gasteiger partial charge in [-0.2, -0.15) is 11.8 Å². The molecule has 1 N–H and O–H groups in total. The number of fused-ring (bicyclic) bond motifs is 3. The number of thioether (sulfide) groups is 1. The van der Waals surface area contributed by atoms with Crippen LogP contribution in [0.4, 0.5) is 0 Å². The topological polar surface area (TPSA) is 62.1 Å². The van der Waals surface area contributed by atoms with Crippen LogP contribution in [0.5, 0.6) is 0 Å². The third kappa shape index (κ3) is 3.13. The Kier molecular flexibility index (Phi) is 4.64. The number of aromatic nitrogens is 2. The Hall–Kier alpha value is -2.99. The quantitative estimate of drug-likeness (QED) is 0.531. The molecule has 1 amide bonds. The second-order valence-electron chi connectivity index (χ2n) is 7.17. The Morgan fingerprint density at radius 2 is 2.07 bits per heavy atom. The first-order chi connectivity index (χ1) is 14.3. The molecule has 5 nitrogen and oxygen atoms in total. The van der Waals surface area contributed by atoms with E-state index in [1.807, 2.05) is 41.5 Å². The smallest absolute Gasteiger partial charge is 0.290 e. The molecule has 29 heavy (non-hydrogen) atoms. The number of carbonyl (C=O) groups excluding carboxylic acids is 1. The molecular formula is C23H21N3O2S. The summed E-state index contributed by atoms with van der Waals surface area (Å²) in [7, 11) is 0. The van der Waals surface area contributed by atoms with Crippen molar-refractivity contribution >= 4 is 28.6 Å². The van der Waals surface area contributed by atoms with E-state index in [1.54, 1.807) is 24.0 Å². The molecule has 3 aromatic heterocycles. The Morgan fingerprint density at radius 1 is 1.21 bits per heavy atom. The highest BCUT2D eigenvalue weighted by Crippen LogP contribution is 2.38. The number of para-hydroxylation sites is 1. The van der Waals surface area contributed by atoms with Gasteiger partial charge in [-0.25, -0.2) is 0 Å². The molecule has 0 saturated heterocycles. The number of nitrogens with one attached hydrogen (secondary N) is 1. The first-order valence-electron chi connectivity index (χ1n) is 9.65. The van der Waals surface area contributed by atoms with E-state index in [2.05, 4.69) is 28.2 Å². The number of nitrogens with zero attached hydrogens (tertiary/aromatic N) is 2. The van der Waals surface area contributed by atoms with Gasteiger partial charge in [-0.15, -0.1) is 0 Å². The molecule has 0 saturated carbocycles. The fourth-order valence-corrected chi connectivity index (χ4v) is 4.60. The molecule has 1 aromatic carbocycles. The number of furan rings is 1. The largest absolute Gasteiger partial charge is 0.455 e. The molecule has 0 fully saturated rings. The standard InChI is InChI=1S/C23H21N3O2S/c1-29-14-15-9-10-20(28-15)23(27)26-13-11-17-16-6-2-3-7-18(16)25-21(17)22(26)19-8-4-5-12-24-19/h2-10,12,22,25H,11,13-14H2,1H3. The van der Waals surface area contributed by atoms with Crippen LogP contribution >= 0.6 is 11.8 Å². The van der Waals surface area contributed by atoms with Crippen molar-refractivity contribution in [3.63, 3.8) is 0 Å². The summed E-state index contributed by atoms with van der Waals surface area (Å²) < 4.78 is 5.83. The van der Waals surface area contributed by atoms with Gasteiger partial charge in [0, 0.05) is 29.3 Å². The Bertz CT molecular complexity index is 1170. The first kappa shape index (κ1) is 18.1. The van der Waals surface area contributed by atoms with Gasteiger partial charge in [-0.1, -0.05) is 24.3 Å². The summed E-state index contributed by atoms with van der Waals surface area (Å²) in [4.78, 5) is 23.4. The number of hydrogen-bond donors (Lipinski definition) is 1. The maximum absolute atomic E-state index is 13.4. The van der Waals surface area contributed by atoms with Crippen molar-refractivity contribution in [2.24, 2.45) is 0 Å². The summed E-state index contributed by atoms with van der Waals surface area (Å²) in [5, 5.41) is 1.22. The molecule has 4 heterocycles. The predicted molar refractivity (Wildman–Crippen MR) is 115 cm³/mol. The monoisotopic (exact) mass is 403 g/mol. The van der Waals surface area contributed by atoms with E-state index in [4.69, 9.17) is 4.42 Å². The molecule has 6 heteroatoms. The summed E-state index contributed by atoms with van der Waals surface area (Å²) in [6.45, 7) is 0.619. The molecule has 1 aliphatic heterocycles. The van der Waals surface area contributed by atoms with Crippen LogP contribution in [0.25, 0.3) is 10.9 Å². The molecule has 4 aromatic rings. The molecule has 1 atom stereocenters. The minimum atomic E-state index is -0.269. The van der Waals surface area contributed by atoms with Gasteiger partial charge in [0.15, 0.2) is 5.76 Å². The second-order valence-corrected chi connectivity index (χ2v) is 8.03. The molecule has 1 unspecified atom stereocenters. The molecule has 0 bridgehead atoms. The van der Waals surface area contributed by atoms with Crippen LogP contribution in [0.1, 0.15) is 39.3 Å². The molecule has 5 rings (SSSR count). The van der Waals surface area contributed by atoms with E-state index >= 15 is 0 Å². The zero-order valence-corrected chi connectivity index (χ0v) is 16.9. The lowest BCUT2D eigenvalue weighted by Gasteiger charge is -2.35. The number of hydrogen-bond acceptors (Lipinski definition) is 4. The highest BCUT2D eigenvalue weighted by atomic mass is 32.2. The maximum atomic E-state index is 13.4. The third-order valence-corrected chi connectivity index (χ3v) is 6.00. The van der Waals surface area contributed by atoms with Gasteiger partial charge in [-0.3, -0.25) is 9.78 Å². The molecule has 0 spiro atoms. The fourth-order valence-electron chi connectivity index (χ4n) is 4.16. The van der Waals surface area contributed by atoms with Crippen LogP contribution in [0.15, 0.2) is 65.2 Å². The van der Waals surface area contributed by atoms with Crippen LogP contribution in [0.2, 0.25) is 0 Å². The highest BCUT2D eigenvalue weighted by Gasteiger charge is 2.36. The zero-order chi connectivity index (χ0) is 19.8. The lowest BCUT2D eigenvalue weighted by molar-refractivity contribution is 0.0654. The van der Waals surface area contributed by atoms with E-state index in [1.165, 1.54) is 10.9 Å². The van der Waals surface area contributed by atoms with Crippen molar-refractivity contribution in [2.75, 3.05) is 12.8 Å². The van der Waals surface area contributed by atoms with Crippen molar-refractivity contribution in [1.29, 1.82) is 0 Å². The van der Waals surface area contributed by atoms with Gasteiger partial charge in [0.2, 0.25) is 0 Å². The first-order valence-corrected chi connectivity index (χ1v) is 11.0. The number of pyridine rings is 1. The summed E-state index contributed by atoms with van der Waals surface area (Å²) >= 11 is 1.67. The van der Waals surface area contributed by atoms with E-state index in [-0.39, 0.29) is 11.9 Å². The number of H-pyrrole nitrogens is 1. The maximum Gasteiger partial charge on any atom is 0.290 e. The van der Waals surface area contributed by atoms with E-state index < -0.39 is 0 Å². The number of carbonyl (C=O) groups is 1. The minimum absolute atomic E-state index is 0.0997. The minimum Gasteiger partial charge on any atom is -0.455 e. The Balaban J connectivity index is 1.60. The van der Waals surface area contributed by atoms with Gasteiger partial charge < -0.3 is 14.3 Å². The molecule has 0 aliphatic carbocycles. The number of aromatic amines is 1. The third-order valence-electron chi connectivity index (χ3n) is 5.42. The Morgan fingerprint density at radius 3 is 2.90 bits per heavy atom. The second kappa shape index (κ2) is 7.44. The lowest BCUT2D eigenvalue weighted by atomic mass is 9.94. The van der Waals surface area contributed by atoms with Crippen LogP contribution in [0, 0.1) is 0 Å². The number of rotatable bonds is 4. The van der Waals surface area contributed by atoms with Crippen molar-refractivity contribution in [2.45, 2.75) is 18.2 Å². The average molecular weight is 404 g/mol. The molecular weight excluding hydrogens is 382 g/mol. The van der Waals surface area contributed by atoms with Gasteiger partial charge in [0.1, 0.15) is 11.8 Å². The van der Waals surface area contributed by atoms with Crippen molar-refractivity contribution in [1.82, 2.24) is 14.9 Å². The summed E-state index contributed by atoms with van der Waals surface area (Å²) in [6.07, 6.45) is 4.59. The van der Waals surface area contributed by atoms with Crippen LogP contribution in [-0.2, 0) is 12.2 Å². The molecule has 0 radical (unpaired) electrons. The van der Waals surface area contributed by atoms with Crippen LogP contribution in [0.3, 0.4) is 0 Å². The SMILES string of the molecule is CSCc1ccc(C(=O)N2CCc3c([nH]c4ccccc34)C2c2ccccn2)o1. The highest BCUT2D eigenvalue weighted by molar-refractivity contribution is 7.97. The predicted octanol–water partition coefficient (Wildman–Crippen LogP) is 4.81. The van der Waals surface area contributed by atoms with Gasteiger partial charge in [0.25, 0.3) is 5.91 Å². The summed E-state index contributed by atoms with van der Waals surface area (Å²) in [5.74, 6) is 1.86. The summed E-state index contributed by atoms with van der Waals surface area (Å²) in [6, 6.07) is 17.5. The number of amides is 1. The van der Waals surface area contributed by atoms with Crippen molar-refractivity contribution in [3.8, 4) is 0 Å². The van der Waals surface area contributed by atoms with E-state index in [0.717, 1.165) is 34.8 Å². The zero-order valence-electron chi connectivity index (χ0n) is 16.1. The van der Waals surface area contributed by atoms with Gasteiger partial charge >= 0.3 is 0 Å². The average Bonchev–Trinajstić information content (AvgIpc) is 3.38. The molecule has 1 aliphatic rings. The van der Waals surface area contributed by atoms with Gasteiger partial charge in [0.05, 0.1) is 11.4 Å².